The van der Waals surface area contributed by atoms with Gasteiger partial charge >= 0.3 is 0 Å². The van der Waals surface area contributed by atoms with Crippen LogP contribution >= 0.6 is 27.5 Å². The third kappa shape index (κ3) is 2.78. The number of hydrogen-bond acceptors (Lipinski definition) is 0. The van der Waals surface area contributed by atoms with Crippen molar-refractivity contribution in [3.05, 3.63) is 68.7 Å². The summed E-state index contributed by atoms with van der Waals surface area (Å²) in [6.45, 7) is 6.31. The molecule has 1 unspecified atom stereocenters. The molecule has 0 saturated heterocycles. The van der Waals surface area contributed by atoms with E-state index in [4.69, 9.17) is 11.6 Å². The molecule has 94 valence electrons. The van der Waals surface area contributed by atoms with E-state index in [0.717, 1.165) is 4.47 Å². The van der Waals surface area contributed by atoms with Crippen molar-refractivity contribution in [2.45, 2.75) is 26.1 Å². The molecule has 0 fully saturated rings. The molecule has 0 spiro atoms. The molecule has 0 N–H and O–H groups in total. The van der Waals surface area contributed by atoms with Crippen molar-refractivity contribution in [2.75, 3.05) is 0 Å². The van der Waals surface area contributed by atoms with Crippen LogP contribution in [-0.4, -0.2) is 0 Å². The molecule has 0 aliphatic heterocycles. The van der Waals surface area contributed by atoms with Crippen molar-refractivity contribution in [2.24, 2.45) is 0 Å². The van der Waals surface area contributed by atoms with Crippen molar-refractivity contribution < 1.29 is 0 Å². The number of benzene rings is 2. The van der Waals surface area contributed by atoms with E-state index >= 15 is 0 Å². The second-order valence-corrected chi connectivity index (χ2v) is 6.08. The van der Waals surface area contributed by atoms with Crippen LogP contribution in [0.3, 0.4) is 0 Å². The molecule has 2 heteroatoms. The molecule has 0 saturated carbocycles. The molecule has 0 nitrogen and oxygen atoms in total. The van der Waals surface area contributed by atoms with Crippen LogP contribution in [0.4, 0.5) is 0 Å². The van der Waals surface area contributed by atoms with Crippen LogP contribution in [0.1, 0.15) is 33.2 Å². The third-order valence-electron chi connectivity index (χ3n) is 3.21. The fraction of sp³-hybridized carbons (Fsp3) is 0.250. The van der Waals surface area contributed by atoms with Gasteiger partial charge in [-0.2, -0.15) is 0 Å². The smallest absolute Gasteiger partial charge is 0.0840 e. The van der Waals surface area contributed by atoms with E-state index in [1.165, 1.54) is 27.8 Å². The van der Waals surface area contributed by atoms with E-state index in [-0.39, 0.29) is 5.38 Å². The van der Waals surface area contributed by atoms with E-state index in [2.05, 4.69) is 67.0 Å². The van der Waals surface area contributed by atoms with Crippen molar-refractivity contribution in [3.63, 3.8) is 0 Å². The number of hydrogen-bond donors (Lipinski definition) is 0. The highest BCUT2D eigenvalue weighted by atomic mass is 79.9. The monoisotopic (exact) mass is 322 g/mol. The maximum absolute atomic E-state index is 6.65. The van der Waals surface area contributed by atoms with Gasteiger partial charge in [0.1, 0.15) is 0 Å². The largest absolute Gasteiger partial charge is 0.113 e. The molecule has 18 heavy (non-hydrogen) atoms. The van der Waals surface area contributed by atoms with E-state index in [1.54, 1.807) is 0 Å². The average Bonchev–Trinajstić information content (AvgIpc) is 2.31. The summed E-state index contributed by atoms with van der Waals surface area (Å²) in [5.74, 6) is 0. The lowest BCUT2D eigenvalue weighted by atomic mass is 9.95. The highest BCUT2D eigenvalue weighted by molar-refractivity contribution is 9.10. The first-order chi connectivity index (χ1) is 8.49. The molecule has 2 aromatic rings. The topological polar surface area (TPSA) is 0 Å². The van der Waals surface area contributed by atoms with Crippen LogP contribution in [0.5, 0.6) is 0 Å². The third-order valence-corrected chi connectivity index (χ3v) is 4.18. The molecule has 2 aromatic carbocycles. The van der Waals surface area contributed by atoms with Crippen LogP contribution in [0.15, 0.2) is 40.9 Å². The summed E-state index contributed by atoms with van der Waals surface area (Å²) < 4.78 is 1.09. The van der Waals surface area contributed by atoms with Gasteiger partial charge in [-0.15, -0.1) is 11.6 Å². The highest BCUT2D eigenvalue weighted by Crippen LogP contribution is 2.34. The fourth-order valence-electron chi connectivity index (χ4n) is 2.12. The van der Waals surface area contributed by atoms with Gasteiger partial charge in [0.2, 0.25) is 0 Å². The predicted molar refractivity (Wildman–Crippen MR) is 82.5 cm³/mol. The number of rotatable bonds is 2. The Kier molecular flexibility index (Phi) is 4.14. The Morgan fingerprint density at radius 3 is 2.28 bits per heavy atom. The van der Waals surface area contributed by atoms with Crippen molar-refractivity contribution in [1.29, 1.82) is 0 Å². The van der Waals surface area contributed by atoms with Crippen molar-refractivity contribution in [1.82, 2.24) is 0 Å². The molecule has 0 bridgehead atoms. The van der Waals surface area contributed by atoms with Crippen LogP contribution in [0.2, 0.25) is 0 Å². The number of alkyl halides is 1. The quantitative estimate of drug-likeness (QED) is 0.622. The first-order valence-corrected chi connectivity index (χ1v) is 7.19. The fourth-order valence-corrected chi connectivity index (χ4v) is 3.08. The van der Waals surface area contributed by atoms with Crippen LogP contribution < -0.4 is 0 Å². The second kappa shape index (κ2) is 5.46. The molecule has 0 aliphatic carbocycles. The summed E-state index contributed by atoms with van der Waals surface area (Å²) in [4.78, 5) is 0. The van der Waals surface area contributed by atoms with Gasteiger partial charge < -0.3 is 0 Å². The first-order valence-electron chi connectivity index (χ1n) is 5.96. The molecule has 0 radical (unpaired) electrons. The Morgan fingerprint density at radius 1 is 0.889 bits per heavy atom. The van der Waals surface area contributed by atoms with E-state index < -0.39 is 0 Å². The first kappa shape index (κ1) is 13.6. The molecule has 0 aromatic heterocycles. The minimum atomic E-state index is -0.0852. The lowest BCUT2D eigenvalue weighted by Crippen LogP contribution is -1.99. The maximum Gasteiger partial charge on any atom is 0.0840 e. The molecular weight excluding hydrogens is 308 g/mol. The summed E-state index contributed by atoms with van der Waals surface area (Å²) in [5.41, 5.74) is 6.07. The Bertz CT molecular complexity index is 575. The Balaban J connectivity index is 2.47. The van der Waals surface area contributed by atoms with Crippen LogP contribution in [0, 0.1) is 20.8 Å². The summed E-state index contributed by atoms with van der Waals surface area (Å²) >= 11 is 10.1. The summed E-state index contributed by atoms with van der Waals surface area (Å²) in [7, 11) is 0. The minimum Gasteiger partial charge on any atom is -0.113 e. The van der Waals surface area contributed by atoms with E-state index in [0.29, 0.717) is 0 Å². The zero-order chi connectivity index (χ0) is 13.3. The van der Waals surface area contributed by atoms with Gasteiger partial charge in [0.05, 0.1) is 5.38 Å². The summed E-state index contributed by atoms with van der Waals surface area (Å²) in [6, 6.07) is 12.7. The second-order valence-electron chi connectivity index (χ2n) is 4.72. The zero-order valence-corrected chi connectivity index (χ0v) is 13.1. The lowest BCUT2D eigenvalue weighted by molar-refractivity contribution is 1.08. The minimum absolute atomic E-state index is 0.0852. The average molecular weight is 324 g/mol. The number of aryl methyl sites for hydroxylation is 3. The zero-order valence-electron chi connectivity index (χ0n) is 10.8. The molecule has 0 aliphatic rings. The SMILES string of the molecule is Cc1ccc(C)c(C(Cl)c2ccc(Br)cc2C)c1. The number of halogens is 2. The normalized spacial score (nSPS) is 12.5. The van der Waals surface area contributed by atoms with Gasteiger partial charge in [0.25, 0.3) is 0 Å². The molecule has 0 amide bonds. The van der Waals surface area contributed by atoms with Crippen molar-refractivity contribution >= 4 is 27.5 Å². The molecule has 2 rings (SSSR count). The van der Waals surface area contributed by atoms with Gasteiger partial charge in [-0.25, -0.2) is 0 Å². The van der Waals surface area contributed by atoms with Crippen LogP contribution in [-0.2, 0) is 0 Å². The van der Waals surface area contributed by atoms with Gasteiger partial charge in [-0.3, -0.25) is 0 Å². The Labute approximate surface area is 122 Å². The maximum atomic E-state index is 6.65. The molecular formula is C16H16BrCl. The van der Waals surface area contributed by atoms with Gasteiger partial charge in [-0.1, -0.05) is 45.8 Å². The van der Waals surface area contributed by atoms with Gasteiger partial charge in [-0.05, 0) is 55.2 Å². The molecule has 1 atom stereocenters. The standard InChI is InChI=1S/C16H16BrCl/c1-10-4-5-11(2)15(8-10)16(18)14-7-6-13(17)9-12(14)3/h4-9,16H,1-3H3. The highest BCUT2D eigenvalue weighted by Gasteiger charge is 2.15. The summed E-state index contributed by atoms with van der Waals surface area (Å²) in [6.07, 6.45) is 0. The van der Waals surface area contributed by atoms with Crippen LogP contribution in [0.25, 0.3) is 0 Å². The lowest BCUT2D eigenvalue weighted by Gasteiger charge is -2.16. The summed E-state index contributed by atoms with van der Waals surface area (Å²) in [5, 5.41) is -0.0852. The predicted octanol–water partition coefficient (Wildman–Crippen LogP) is 5.70. The van der Waals surface area contributed by atoms with E-state index in [9.17, 15) is 0 Å². The van der Waals surface area contributed by atoms with Gasteiger partial charge in [0, 0.05) is 4.47 Å². The van der Waals surface area contributed by atoms with E-state index in [1.807, 2.05) is 6.07 Å². The Hall–Kier alpha value is -0.790. The molecule has 0 heterocycles. The van der Waals surface area contributed by atoms with Crippen molar-refractivity contribution in [3.8, 4) is 0 Å². The Morgan fingerprint density at radius 2 is 1.61 bits per heavy atom. The van der Waals surface area contributed by atoms with Gasteiger partial charge in [0.15, 0.2) is 0 Å².